The van der Waals surface area contributed by atoms with E-state index in [0.29, 0.717) is 6.61 Å². The van der Waals surface area contributed by atoms with Gasteiger partial charge in [-0.2, -0.15) is 11.3 Å². The zero-order valence-electron chi connectivity index (χ0n) is 10.1. The average Bonchev–Trinajstić information content (AvgIpc) is 2.91. The predicted octanol–water partition coefficient (Wildman–Crippen LogP) is 3.46. The number of hydrogen-bond acceptors (Lipinski definition) is 4. The van der Waals surface area contributed by atoms with Gasteiger partial charge in [0.2, 0.25) is 0 Å². The number of carbonyl (C=O) groups excluding carboxylic acids is 1. The number of carbonyl (C=O) groups is 1. The van der Waals surface area contributed by atoms with Gasteiger partial charge in [-0.05, 0) is 41.4 Å². The predicted molar refractivity (Wildman–Crippen MR) is 73.8 cm³/mol. The zero-order chi connectivity index (χ0) is 12.8. The fourth-order valence-electron chi connectivity index (χ4n) is 1.64. The lowest BCUT2D eigenvalue weighted by Gasteiger charge is -2.17. The highest BCUT2D eigenvalue weighted by Gasteiger charge is 2.21. The first kappa shape index (κ1) is 12.6. The lowest BCUT2D eigenvalue weighted by atomic mass is 10.1. The molecule has 2 rings (SSSR count). The Bertz CT molecular complexity index is 482. The van der Waals surface area contributed by atoms with Crippen LogP contribution in [0.2, 0.25) is 0 Å². The molecule has 0 aliphatic heterocycles. The van der Waals surface area contributed by atoms with Crippen LogP contribution < -0.4 is 5.32 Å². The maximum atomic E-state index is 12.0. The zero-order valence-corrected chi connectivity index (χ0v) is 10.9. The Morgan fingerprint density at radius 3 is 2.72 bits per heavy atom. The average molecular weight is 261 g/mol. The highest BCUT2D eigenvalue weighted by Crippen LogP contribution is 2.22. The quantitative estimate of drug-likeness (QED) is 0.838. The van der Waals surface area contributed by atoms with Crippen LogP contribution in [-0.4, -0.2) is 12.6 Å². The first-order valence-electron chi connectivity index (χ1n) is 5.81. The van der Waals surface area contributed by atoms with E-state index in [1.807, 2.05) is 54.1 Å². The standard InChI is InChI=1S/C14H15NO2S/c1-2-17-14(16)13(11-8-9-18-10-11)15-12-6-4-3-5-7-12/h3-10,13,15H,2H2,1H3. The van der Waals surface area contributed by atoms with Crippen LogP contribution in [0.4, 0.5) is 5.69 Å². The Labute approximate surface area is 110 Å². The molecular formula is C14H15NO2S. The summed E-state index contributed by atoms with van der Waals surface area (Å²) in [6, 6.07) is 11.1. The molecule has 0 aliphatic rings. The van der Waals surface area contributed by atoms with Crippen molar-refractivity contribution in [3.63, 3.8) is 0 Å². The Hall–Kier alpha value is -1.81. The van der Waals surface area contributed by atoms with Gasteiger partial charge in [0, 0.05) is 5.69 Å². The third kappa shape index (κ3) is 3.11. The van der Waals surface area contributed by atoms with Crippen molar-refractivity contribution in [1.82, 2.24) is 0 Å². The molecule has 0 spiro atoms. The van der Waals surface area contributed by atoms with Crippen LogP contribution in [0.15, 0.2) is 47.2 Å². The molecule has 3 nitrogen and oxygen atoms in total. The lowest BCUT2D eigenvalue weighted by Crippen LogP contribution is -2.22. The normalized spacial score (nSPS) is 11.8. The summed E-state index contributed by atoms with van der Waals surface area (Å²) in [5.74, 6) is -0.250. The van der Waals surface area contributed by atoms with E-state index < -0.39 is 6.04 Å². The van der Waals surface area contributed by atoms with Gasteiger partial charge in [-0.3, -0.25) is 0 Å². The molecule has 0 aliphatic carbocycles. The number of nitrogens with one attached hydrogen (secondary N) is 1. The molecule has 1 aromatic heterocycles. The third-order valence-electron chi connectivity index (χ3n) is 2.48. The van der Waals surface area contributed by atoms with E-state index in [2.05, 4.69) is 5.32 Å². The SMILES string of the molecule is CCOC(=O)C(Nc1ccccc1)c1ccsc1. The molecule has 1 N–H and O–H groups in total. The summed E-state index contributed by atoms with van der Waals surface area (Å²) in [6.45, 7) is 2.20. The molecule has 18 heavy (non-hydrogen) atoms. The Morgan fingerprint density at radius 1 is 1.33 bits per heavy atom. The molecule has 1 heterocycles. The highest BCUT2D eigenvalue weighted by molar-refractivity contribution is 7.08. The minimum Gasteiger partial charge on any atom is -0.464 e. The Morgan fingerprint density at radius 2 is 2.11 bits per heavy atom. The number of hydrogen-bond donors (Lipinski definition) is 1. The van der Waals surface area contributed by atoms with Crippen LogP contribution in [0, 0.1) is 0 Å². The maximum Gasteiger partial charge on any atom is 0.333 e. The van der Waals surface area contributed by atoms with Gasteiger partial charge in [0.25, 0.3) is 0 Å². The number of para-hydroxylation sites is 1. The molecule has 1 atom stereocenters. The van der Waals surface area contributed by atoms with Crippen molar-refractivity contribution in [2.24, 2.45) is 0 Å². The van der Waals surface area contributed by atoms with Gasteiger partial charge >= 0.3 is 5.97 Å². The van der Waals surface area contributed by atoms with E-state index in [1.54, 1.807) is 11.3 Å². The van der Waals surface area contributed by atoms with E-state index in [1.165, 1.54) is 0 Å². The van der Waals surface area contributed by atoms with Crippen LogP contribution in [0.1, 0.15) is 18.5 Å². The van der Waals surface area contributed by atoms with Crippen LogP contribution in [0.25, 0.3) is 0 Å². The van der Waals surface area contributed by atoms with E-state index in [4.69, 9.17) is 4.74 Å². The van der Waals surface area contributed by atoms with Crippen LogP contribution in [0.5, 0.6) is 0 Å². The number of thiophene rings is 1. The van der Waals surface area contributed by atoms with E-state index >= 15 is 0 Å². The summed E-state index contributed by atoms with van der Waals surface area (Å²) in [4.78, 5) is 12.0. The second-order valence-corrected chi connectivity index (χ2v) is 4.53. The van der Waals surface area contributed by atoms with Crippen molar-refractivity contribution in [3.8, 4) is 0 Å². The van der Waals surface area contributed by atoms with Crippen molar-refractivity contribution in [2.45, 2.75) is 13.0 Å². The third-order valence-corrected chi connectivity index (χ3v) is 3.19. The van der Waals surface area contributed by atoms with Gasteiger partial charge in [-0.15, -0.1) is 0 Å². The van der Waals surface area contributed by atoms with Crippen molar-refractivity contribution >= 4 is 23.0 Å². The van der Waals surface area contributed by atoms with Gasteiger partial charge in [0.05, 0.1) is 6.61 Å². The summed E-state index contributed by atoms with van der Waals surface area (Å²) in [7, 11) is 0. The minimum atomic E-state index is -0.446. The summed E-state index contributed by atoms with van der Waals surface area (Å²) in [5.41, 5.74) is 1.84. The molecular weight excluding hydrogens is 246 g/mol. The van der Waals surface area contributed by atoms with Crippen LogP contribution in [-0.2, 0) is 9.53 Å². The summed E-state index contributed by atoms with van der Waals surface area (Å²) in [6.07, 6.45) is 0. The molecule has 1 unspecified atom stereocenters. The molecule has 1 aromatic carbocycles. The second-order valence-electron chi connectivity index (χ2n) is 3.75. The first-order chi connectivity index (χ1) is 8.81. The molecule has 4 heteroatoms. The highest BCUT2D eigenvalue weighted by atomic mass is 32.1. The number of rotatable bonds is 5. The number of benzene rings is 1. The first-order valence-corrected chi connectivity index (χ1v) is 6.76. The largest absolute Gasteiger partial charge is 0.464 e. The lowest BCUT2D eigenvalue weighted by molar-refractivity contribution is -0.144. The smallest absolute Gasteiger partial charge is 0.333 e. The topological polar surface area (TPSA) is 38.3 Å². The van der Waals surface area contributed by atoms with E-state index in [-0.39, 0.29) is 5.97 Å². The van der Waals surface area contributed by atoms with Crippen molar-refractivity contribution in [2.75, 3.05) is 11.9 Å². The maximum absolute atomic E-state index is 12.0. The van der Waals surface area contributed by atoms with Crippen molar-refractivity contribution in [3.05, 3.63) is 52.7 Å². The molecule has 94 valence electrons. The molecule has 0 bridgehead atoms. The van der Waals surface area contributed by atoms with Gasteiger partial charge in [-0.1, -0.05) is 18.2 Å². The number of ether oxygens (including phenoxy) is 1. The van der Waals surface area contributed by atoms with E-state index in [0.717, 1.165) is 11.3 Å². The molecule has 2 aromatic rings. The van der Waals surface area contributed by atoms with Crippen LogP contribution in [0.3, 0.4) is 0 Å². The van der Waals surface area contributed by atoms with Gasteiger partial charge < -0.3 is 10.1 Å². The summed E-state index contributed by atoms with van der Waals surface area (Å²) < 4.78 is 5.10. The molecule has 0 fully saturated rings. The Balaban J connectivity index is 2.18. The van der Waals surface area contributed by atoms with Crippen molar-refractivity contribution < 1.29 is 9.53 Å². The fourth-order valence-corrected chi connectivity index (χ4v) is 2.33. The Kier molecular flexibility index (Phi) is 4.36. The van der Waals surface area contributed by atoms with Gasteiger partial charge in [0.15, 0.2) is 6.04 Å². The second kappa shape index (κ2) is 6.21. The van der Waals surface area contributed by atoms with Crippen molar-refractivity contribution in [1.29, 1.82) is 0 Å². The van der Waals surface area contributed by atoms with E-state index in [9.17, 15) is 4.79 Å². The molecule has 0 saturated heterocycles. The summed E-state index contributed by atoms with van der Waals surface area (Å²) >= 11 is 1.57. The monoisotopic (exact) mass is 261 g/mol. The number of esters is 1. The molecule has 0 saturated carbocycles. The molecule has 0 amide bonds. The number of anilines is 1. The van der Waals surface area contributed by atoms with Crippen LogP contribution >= 0.6 is 11.3 Å². The summed E-state index contributed by atoms with van der Waals surface area (Å²) in [5, 5.41) is 7.11. The molecule has 0 radical (unpaired) electrons. The minimum absolute atomic E-state index is 0.250. The van der Waals surface area contributed by atoms with Gasteiger partial charge in [0.1, 0.15) is 0 Å². The fraction of sp³-hybridized carbons (Fsp3) is 0.214. The van der Waals surface area contributed by atoms with Gasteiger partial charge in [-0.25, -0.2) is 4.79 Å².